The van der Waals surface area contributed by atoms with Crippen LogP contribution in [-0.2, 0) is 22.7 Å². The molecule has 31 heavy (non-hydrogen) atoms. The third kappa shape index (κ3) is 5.08. The Balaban J connectivity index is 1.45. The zero-order valence-electron chi connectivity index (χ0n) is 16.7. The summed E-state index contributed by atoms with van der Waals surface area (Å²) in [4.78, 5) is 30.4. The smallest absolute Gasteiger partial charge is 0.230 e. The van der Waals surface area contributed by atoms with Crippen LogP contribution >= 0.6 is 11.8 Å². The summed E-state index contributed by atoms with van der Waals surface area (Å²) < 4.78 is 15.5. The topological polar surface area (TPSA) is 93.0 Å². The zero-order chi connectivity index (χ0) is 21.6. The van der Waals surface area contributed by atoms with E-state index in [2.05, 4.69) is 20.5 Å². The molecule has 0 radical (unpaired) electrons. The molecule has 2 aromatic heterocycles. The van der Waals surface area contributed by atoms with Crippen molar-refractivity contribution in [2.45, 2.75) is 31.1 Å². The number of hydrogen-bond donors (Lipinski definition) is 1. The van der Waals surface area contributed by atoms with Crippen LogP contribution in [0.5, 0.6) is 0 Å². The summed E-state index contributed by atoms with van der Waals surface area (Å²) in [6.07, 6.45) is 3.04. The molecule has 4 rings (SSSR count). The van der Waals surface area contributed by atoms with Gasteiger partial charge in [0.05, 0.1) is 12.3 Å². The molecule has 2 amide bonds. The molecule has 0 saturated carbocycles. The molecule has 0 spiro atoms. The molecule has 0 bridgehead atoms. The average Bonchev–Trinajstić information content (AvgIpc) is 3.38. The molecule has 3 aromatic rings. The van der Waals surface area contributed by atoms with E-state index in [0.29, 0.717) is 41.9 Å². The summed E-state index contributed by atoms with van der Waals surface area (Å²) >= 11 is 1.21. The van der Waals surface area contributed by atoms with Gasteiger partial charge in [0.2, 0.25) is 11.8 Å². The van der Waals surface area contributed by atoms with Crippen molar-refractivity contribution in [3.05, 3.63) is 65.9 Å². The first-order chi connectivity index (χ1) is 15.1. The van der Waals surface area contributed by atoms with E-state index in [4.69, 9.17) is 0 Å². The maximum absolute atomic E-state index is 13.7. The van der Waals surface area contributed by atoms with Gasteiger partial charge in [-0.05, 0) is 24.6 Å². The van der Waals surface area contributed by atoms with Crippen molar-refractivity contribution in [3.63, 3.8) is 0 Å². The molecule has 0 atom stereocenters. The molecule has 1 fully saturated rings. The Labute approximate surface area is 182 Å². The van der Waals surface area contributed by atoms with Crippen LogP contribution in [0.4, 0.5) is 4.39 Å². The van der Waals surface area contributed by atoms with Gasteiger partial charge in [-0.1, -0.05) is 36.0 Å². The summed E-state index contributed by atoms with van der Waals surface area (Å²) in [6, 6.07) is 11.8. The molecule has 1 aromatic carbocycles. The van der Waals surface area contributed by atoms with E-state index < -0.39 is 0 Å². The predicted octanol–water partition coefficient (Wildman–Crippen LogP) is 2.33. The van der Waals surface area contributed by atoms with Crippen molar-refractivity contribution in [2.75, 3.05) is 12.3 Å². The predicted molar refractivity (Wildman–Crippen MR) is 113 cm³/mol. The Bertz CT molecular complexity index is 1070. The van der Waals surface area contributed by atoms with Gasteiger partial charge in [-0.15, -0.1) is 10.2 Å². The highest BCUT2D eigenvalue weighted by Gasteiger charge is 2.24. The first kappa shape index (κ1) is 21.0. The van der Waals surface area contributed by atoms with Gasteiger partial charge in [-0.3, -0.25) is 14.2 Å². The molecule has 1 aliphatic heterocycles. The van der Waals surface area contributed by atoms with Gasteiger partial charge in [-0.25, -0.2) is 9.37 Å². The maximum atomic E-state index is 13.7. The van der Waals surface area contributed by atoms with E-state index in [9.17, 15) is 14.0 Å². The number of rotatable bonds is 8. The molecule has 3 heterocycles. The minimum Gasteiger partial charge on any atom is -0.351 e. The summed E-state index contributed by atoms with van der Waals surface area (Å²) in [5, 5.41) is 11.7. The first-order valence-electron chi connectivity index (χ1n) is 9.88. The van der Waals surface area contributed by atoms with Gasteiger partial charge in [0.1, 0.15) is 11.6 Å². The number of likely N-dealkylation sites (tertiary alicyclic amines) is 1. The van der Waals surface area contributed by atoms with Gasteiger partial charge in [0.25, 0.3) is 0 Å². The lowest BCUT2D eigenvalue weighted by molar-refractivity contribution is -0.128. The maximum Gasteiger partial charge on any atom is 0.230 e. The van der Waals surface area contributed by atoms with Gasteiger partial charge < -0.3 is 10.2 Å². The van der Waals surface area contributed by atoms with Crippen LogP contribution in [0.1, 0.15) is 24.2 Å². The fraction of sp³-hybridized carbons (Fsp3) is 0.286. The monoisotopic (exact) mass is 440 g/mol. The first-order valence-corrected chi connectivity index (χ1v) is 10.9. The zero-order valence-corrected chi connectivity index (χ0v) is 17.5. The number of nitrogens with zero attached hydrogens (tertiary/aromatic N) is 5. The molecule has 1 aliphatic rings. The lowest BCUT2D eigenvalue weighted by atomic mass is 10.2. The number of carbonyl (C=O) groups is 2. The lowest BCUT2D eigenvalue weighted by Crippen LogP contribution is -2.26. The molecular formula is C21H21FN6O2S. The van der Waals surface area contributed by atoms with Gasteiger partial charge in [-0.2, -0.15) is 0 Å². The summed E-state index contributed by atoms with van der Waals surface area (Å²) in [5.74, 6) is 0.776. The minimum atomic E-state index is -0.355. The Morgan fingerprint density at radius 3 is 2.74 bits per heavy atom. The largest absolute Gasteiger partial charge is 0.351 e. The highest BCUT2D eigenvalue weighted by atomic mass is 32.2. The van der Waals surface area contributed by atoms with E-state index >= 15 is 0 Å². The van der Waals surface area contributed by atoms with E-state index in [0.717, 1.165) is 6.42 Å². The van der Waals surface area contributed by atoms with E-state index in [-0.39, 0.29) is 29.9 Å². The van der Waals surface area contributed by atoms with Crippen molar-refractivity contribution in [1.82, 2.24) is 30.0 Å². The van der Waals surface area contributed by atoms with E-state index in [1.165, 1.54) is 17.8 Å². The van der Waals surface area contributed by atoms with Crippen molar-refractivity contribution >= 4 is 23.6 Å². The Morgan fingerprint density at radius 2 is 2.00 bits per heavy atom. The number of amides is 2. The second-order valence-corrected chi connectivity index (χ2v) is 7.94. The van der Waals surface area contributed by atoms with Crippen LogP contribution in [0.3, 0.4) is 0 Å². The summed E-state index contributed by atoms with van der Waals surface area (Å²) in [7, 11) is 0. The van der Waals surface area contributed by atoms with Gasteiger partial charge in [0, 0.05) is 31.3 Å². The second kappa shape index (κ2) is 9.69. The van der Waals surface area contributed by atoms with Crippen LogP contribution in [0.2, 0.25) is 0 Å². The number of aromatic nitrogens is 4. The number of benzene rings is 1. The second-order valence-electron chi connectivity index (χ2n) is 7.00. The normalized spacial score (nSPS) is 13.6. The minimum absolute atomic E-state index is 0.0854. The number of halogens is 1. The Morgan fingerprint density at radius 1 is 1.16 bits per heavy atom. The number of thioether (sulfide) groups is 1. The van der Waals surface area contributed by atoms with Crippen LogP contribution in [0.15, 0.2) is 53.8 Å². The molecule has 160 valence electrons. The highest BCUT2D eigenvalue weighted by Crippen LogP contribution is 2.23. The van der Waals surface area contributed by atoms with E-state index in [1.807, 2.05) is 12.1 Å². The van der Waals surface area contributed by atoms with Crippen molar-refractivity contribution < 1.29 is 14.0 Å². The summed E-state index contributed by atoms with van der Waals surface area (Å²) in [5.41, 5.74) is 0.426. The van der Waals surface area contributed by atoms with Crippen LogP contribution < -0.4 is 5.32 Å². The Hall–Kier alpha value is -3.27. The number of hydrogen-bond acceptors (Lipinski definition) is 6. The molecule has 8 nitrogen and oxygen atoms in total. The van der Waals surface area contributed by atoms with Crippen LogP contribution in [0, 0.1) is 5.82 Å². The number of carbonyl (C=O) groups excluding carboxylic acids is 2. The SMILES string of the molecule is O=C(CSc1nnc(CN2CCCC2=O)n1-c1ccccn1)NCc1ccccc1F. The Kier molecular flexibility index (Phi) is 6.56. The van der Waals surface area contributed by atoms with Crippen molar-refractivity contribution in [2.24, 2.45) is 0 Å². The molecule has 1 N–H and O–H groups in total. The quantitative estimate of drug-likeness (QED) is 0.541. The fourth-order valence-electron chi connectivity index (χ4n) is 3.27. The average molecular weight is 441 g/mol. The third-order valence-corrected chi connectivity index (χ3v) is 5.78. The highest BCUT2D eigenvalue weighted by molar-refractivity contribution is 7.99. The summed E-state index contributed by atoms with van der Waals surface area (Å²) in [6.45, 7) is 1.14. The third-order valence-electron chi connectivity index (χ3n) is 4.85. The van der Waals surface area contributed by atoms with Crippen LogP contribution in [0.25, 0.3) is 5.82 Å². The number of nitrogens with one attached hydrogen (secondary N) is 1. The molecule has 0 unspecified atom stereocenters. The van der Waals surface area contributed by atoms with E-state index in [1.54, 1.807) is 39.9 Å². The van der Waals surface area contributed by atoms with Gasteiger partial charge >= 0.3 is 0 Å². The van der Waals surface area contributed by atoms with Crippen LogP contribution in [-0.4, -0.2) is 48.8 Å². The lowest BCUT2D eigenvalue weighted by Gasteiger charge is -2.16. The van der Waals surface area contributed by atoms with Gasteiger partial charge in [0.15, 0.2) is 11.0 Å². The molecule has 1 saturated heterocycles. The fourth-order valence-corrected chi connectivity index (χ4v) is 4.06. The number of pyridine rings is 1. The molecular weight excluding hydrogens is 419 g/mol. The molecule has 10 heteroatoms. The van der Waals surface area contributed by atoms with Crippen molar-refractivity contribution in [1.29, 1.82) is 0 Å². The standard InChI is InChI=1S/C21H21FN6O2S/c22-16-7-2-1-6-15(16)12-24-19(29)14-31-21-26-25-18(13-27-11-5-9-20(27)30)28(21)17-8-3-4-10-23-17/h1-4,6-8,10H,5,9,11-14H2,(H,24,29). The molecule has 0 aliphatic carbocycles. The van der Waals surface area contributed by atoms with Crippen molar-refractivity contribution in [3.8, 4) is 5.82 Å².